The first kappa shape index (κ1) is 14.0. The van der Waals surface area contributed by atoms with Crippen molar-refractivity contribution < 1.29 is 23.6 Å². The van der Waals surface area contributed by atoms with Gasteiger partial charge in [0.2, 0.25) is 0 Å². The van der Waals surface area contributed by atoms with E-state index in [2.05, 4.69) is 9.72 Å². The van der Waals surface area contributed by atoms with Crippen molar-refractivity contribution in [3.8, 4) is 0 Å². The van der Waals surface area contributed by atoms with Crippen molar-refractivity contribution in [2.24, 2.45) is 0 Å². The van der Waals surface area contributed by atoms with E-state index < -0.39 is 29.6 Å². The quantitative estimate of drug-likeness (QED) is 0.406. The summed E-state index contributed by atoms with van der Waals surface area (Å²) in [4.78, 5) is 23.9. The minimum absolute atomic E-state index is 0.242. The van der Waals surface area contributed by atoms with Crippen LogP contribution in [-0.2, 0) is 21.0 Å². The molecule has 18 heavy (non-hydrogen) atoms. The van der Waals surface area contributed by atoms with E-state index in [4.69, 9.17) is 4.74 Å². The molecule has 0 N–H and O–H groups in total. The fraction of sp³-hybridized carbons (Fsp3) is 0.556. The monoisotopic (exact) mass is 261 g/mol. The molecule has 8 nitrogen and oxygen atoms in total. The van der Waals surface area contributed by atoms with Crippen LogP contribution in [0.1, 0.15) is 6.92 Å². The molecule has 1 aromatic heterocycles. The maximum absolute atomic E-state index is 12.5. The molecule has 0 saturated heterocycles. The van der Waals surface area contributed by atoms with Gasteiger partial charge in [0.25, 0.3) is 0 Å². The molecule has 1 rings (SSSR count). The fourth-order valence-electron chi connectivity index (χ4n) is 1.11. The van der Waals surface area contributed by atoms with Gasteiger partial charge in [-0.05, 0) is 4.92 Å². The molecule has 0 spiro atoms. The Labute approximate surface area is 101 Å². The standard InChI is InChI=1S/C9H12FN3O5/c1-7(14)17-5-8(4-10)18-6-12-3-2-11-9(12)13(15)16/h2-3,8H,4-6H2,1H3. The molecular weight excluding hydrogens is 249 g/mol. The highest BCUT2D eigenvalue weighted by Crippen LogP contribution is 2.08. The molecule has 0 amide bonds. The lowest BCUT2D eigenvalue weighted by Crippen LogP contribution is -2.24. The molecule has 0 fully saturated rings. The number of nitro groups is 1. The largest absolute Gasteiger partial charge is 0.463 e. The van der Waals surface area contributed by atoms with Gasteiger partial charge in [0, 0.05) is 6.92 Å². The van der Waals surface area contributed by atoms with E-state index >= 15 is 0 Å². The van der Waals surface area contributed by atoms with Crippen molar-refractivity contribution in [3.63, 3.8) is 0 Å². The highest BCUT2D eigenvalue weighted by Gasteiger charge is 2.17. The summed E-state index contributed by atoms with van der Waals surface area (Å²) >= 11 is 0. The van der Waals surface area contributed by atoms with Crippen LogP contribution < -0.4 is 0 Å². The van der Waals surface area contributed by atoms with E-state index in [0.29, 0.717) is 0 Å². The number of esters is 1. The number of ether oxygens (including phenoxy) is 2. The third kappa shape index (κ3) is 4.09. The molecule has 0 saturated carbocycles. The van der Waals surface area contributed by atoms with Gasteiger partial charge in [0.15, 0.2) is 6.73 Å². The average molecular weight is 261 g/mol. The van der Waals surface area contributed by atoms with Gasteiger partial charge in [-0.3, -0.25) is 4.79 Å². The van der Waals surface area contributed by atoms with Crippen molar-refractivity contribution in [1.82, 2.24) is 9.55 Å². The zero-order valence-electron chi connectivity index (χ0n) is 9.61. The highest BCUT2D eigenvalue weighted by atomic mass is 19.1. The van der Waals surface area contributed by atoms with E-state index in [-0.39, 0.29) is 13.3 Å². The summed E-state index contributed by atoms with van der Waals surface area (Å²) in [6.45, 7) is -0.160. The Morgan fingerprint density at radius 3 is 3.00 bits per heavy atom. The number of aromatic nitrogens is 2. The number of hydrogen-bond acceptors (Lipinski definition) is 6. The lowest BCUT2D eigenvalue weighted by molar-refractivity contribution is -0.397. The lowest BCUT2D eigenvalue weighted by atomic mass is 10.4. The Hall–Kier alpha value is -2.03. The predicted molar refractivity (Wildman–Crippen MR) is 56.4 cm³/mol. The van der Waals surface area contributed by atoms with Gasteiger partial charge in [0.05, 0.1) is 0 Å². The SMILES string of the molecule is CC(=O)OCC(CF)OCn1ccnc1[N+](=O)[O-]. The Balaban J connectivity index is 2.49. The number of nitrogens with zero attached hydrogens (tertiary/aromatic N) is 3. The summed E-state index contributed by atoms with van der Waals surface area (Å²) in [6, 6.07) is 0. The van der Waals surface area contributed by atoms with Gasteiger partial charge in [-0.1, -0.05) is 4.98 Å². The number of rotatable bonds is 7. The zero-order valence-corrected chi connectivity index (χ0v) is 9.61. The van der Waals surface area contributed by atoms with Crippen LogP contribution in [0.3, 0.4) is 0 Å². The van der Waals surface area contributed by atoms with Crippen molar-refractivity contribution in [3.05, 3.63) is 22.5 Å². The topological polar surface area (TPSA) is 96.5 Å². The van der Waals surface area contributed by atoms with Crippen molar-refractivity contribution in [1.29, 1.82) is 0 Å². The summed E-state index contributed by atoms with van der Waals surface area (Å²) in [7, 11) is 0. The van der Waals surface area contributed by atoms with E-state index in [9.17, 15) is 19.3 Å². The summed E-state index contributed by atoms with van der Waals surface area (Å²) in [6.07, 6.45) is 1.60. The summed E-state index contributed by atoms with van der Waals surface area (Å²) in [5, 5.41) is 10.5. The predicted octanol–water partition coefficient (Wildman–Crippen LogP) is 0.667. The van der Waals surface area contributed by atoms with Crippen LogP contribution >= 0.6 is 0 Å². The molecule has 100 valence electrons. The second kappa shape index (κ2) is 6.64. The first-order valence-electron chi connectivity index (χ1n) is 5.01. The van der Waals surface area contributed by atoms with E-state index in [1.54, 1.807) is 0 Å². The summed E-state index contributed by atoms with van der Waals surface area (Å²) in [5.74, 6) is -0.953. The number of imidazole rings is 1. The van der Waals surface area contributed by atoms with Crippen LogP contribution in [0.25, 0.3) is 0 Å². The molecule has 9 heteroatoms. The molecule has 0 aromatic carbocycles. The van der Waals surface area contributed by atoms with Crippen molar-refractivity contribution in [2.75, 3.05) is 13.3 Å². The van der Waals surface area contributed by atoms with E-state index in [1.807, 2.05) is 0 Å². The van der Waals surface area contributed by atoms with Crippen LogP contribution in [0.5, 0.6) is 0 Å². The minimum Gasteiger partial charge on any atom is -0.463 e. The first-order valence-corrected chi connectivity index (χ1v) is 5.01. The van der Waals surface area contributed by atoms with Gasteiger partial charge in [-0.2, -0.15) is 0 Å². The molecular formula is C9H12FN3O5. The van der Waals surface area contributed by atoms with Crippen molar-refractivity contribution in [2.45, 2.75) is 19.8 Å². The minimum atomic E-state index is -0.962. The average Bonchev–Trinajstić information content (AvgIpc) is 2.77. The number of halogens is 1. The third-order valence-electron chi connectivity index (χ3n) is 1.95. The molecule has 0 bridgehead atoms. The molecule has 0 aliphatic heterocycles. The number of alkyl halides is 1. The Kier molecular flexibility index (Phi) is 5.18. The van der Waals surface area contributed by atoms with Crippen LogP contribution in [-0.4, -0.2) is 39.8 Å². The van der Waals surface area contributed by atoms with Crippen LogP contribution in [0.15, 0.2) is 12.4 Å². The smallest absolute Gasteiger partial charge is 0.436 e. The van der Waals surface area contributed by atoms with Gasteiger partial charge in [0.1, 0.15) is 31.8 Å². The lowest BCUT2D eigenvalue weighted by Gasteiger charge is -2.13. The van der Waals surface area contributed by atoms with Crippen LogP contribution in [0.4, 0.5) is 10.3 Å². The van der Waals surface area contributed by atoms with Crippen LogP contribution in [0, 0.1) is 10.1 Å². The van der Waals surface area contributed by atoms with Crippen LogP contribution in [0.2, 0.25) is 0 Å². The molecule has 0 radical (unpaired) electrons. The first-order chi connectivity index (χ1) is 8.54. The van der Waals surface area contributed by atoms with Gasteiger partial charge >= 0.3 is 11.9 Å². The molecule has 1 unspecified atom stereocenters. The molecule has 1 atom stereocenters. The van der Waals surface area contributed by atoms with Gasteiger partial charge < -0.3 is 19.6 Å². The molecule has 1 aromatic rings. The summed E-state index contributed by atoms with van der Waals surface area (Å²) < 4.78 is 23.3. The van der Waals surface area contributed by atoms with Gasteiger partial charge in [-0.25, -0.2) is 8.96 Å². The normalized spacial score (nSPS) is 12.1. The van der Waals surface area contributed by atoms with E-state index in [0.717, 1.165) is 4.57 Å². The Morgan fingerprint density at radius 1 is 1.72 bits per heavy atom. The summed E-state index contributed by atoms with van der Waals surface area (Å²) in [5.41, 5.74) is 0. The zero-order chi connectivity index (χ0) is 13.5. The number of carbonyl (C=O) groups excluding carboxylic acids is 1. The number of carbonyl (C=O) groups is 1. The van der Waals surface area contributed by atoms with Crippen molar-refractivity contribution >= 4 is 11.9 Å². The second-order valence-corrected chi connectivity index (χ2v) is 3.33. The maximum Gasteiger partial charge on any atom is 0.436 e. The van der Waals surface area contributed by atoms with E-state index in [1.165, 1.54) is 19.3 Å². The fourth-order valence-corrected chi connectivity index (χ4v) is 1.11. The second-order valence-electron chi connectivity index (χ2n) is 3.33. The Morgan fingerprint density at radius 2 is 2.44 bits per heavy atom. The number of hydrogen-bond donors (Lipinski definition) is 0. The highest BCUT2D eigenvalue weighted by molar-refractivity contribution is 5.65. The molecule has 0 aliphatic carbocycles. The van der Waals surface area contributed by atoms with Gasteiger partial charge in [-0.15, -0.1) is 0 Å². The molecule has 1 heterocycles. The molecule has 0 aliphatic rings. The Bertz CT molecular complexity index is 422. The maximum atomic E-state index is 12.5. The third-order valence-corrected chi connectivity index (χ3v) is 1.95.